The molecule has 0 radical (unpaired) electrons. The number of piperidine rings is 1. The number of ether oxygens (including phenoxy) is 1. The first-order chi connectivity index (χ1) is 21.1. The second-order valence-electron chi connectivity index (χ2n) is 11.4. The smallest absolute Gasteiger partial charge is 0.341 e. The van der Waals surface area contributed by atoms with Crippen molar-refractivity contribution < 1.29 is 23.4 Å². The maximum atomic E-state index is 15.8. The average Bonchev–Trinajstić information content (AvgIpc) is 3.42. The van der Waals surface area contributed by atoms with Crippen molar-refractivity contribution in [1.29, 1.82) is 0 Å². The maximum Gasteiger partial charge on any atom is 0.341 e. The zero-order valence-corrected chi connectivity index (χ0v) is 25.1. The summed E-state index contributed by atoms with van der Waals surface area (Å²) in [5.74, 6) is -3.21. The Morgan fingerprint density at radius 1 is 1.23 bits per heavy atom. The van der Waals surface area contributed by atoms with Crippen molar-refractivity contribution in [3.05, 3.63) is 69.4 Å². The quantitative estimate of drug-likeness (QED) is 0.270. The Hall–Kier alpha value is -4.42. The van der Waals surface area contributed by atoms with Gasteiger partial charge in [0.25, 0.3) is 0 Å². The van der Waals surface area contributed by atoms with Crippen LogP contribution in [0.25, 0.3) is 33.3 Å². The summed E-state index contributed by atoms with van der Waals surface area (Å²) in [5.41, 5.74) is 3.60. The minimum absolute atomic E-state index is 0.141. The highest BCUT2D eigenvalue weighted by molar-refractivity contribution is 5.98. The molecule has 1 fully saturated rings. The van der Waals surface area contributed by atoms with Gasteiger partial charge in [-0.15, -0.1) is 0 Å². The van der Waals surface area contributed by atoms with Crippen LogP contribution >= 0.6 is 0 Å². The van der Waals surface area contributed by atoms with Gasteiger partial charge >= 0.3 is 5.97 Å². The Bertz CT molecular complexity index is 1860. The lowest BCUT2D eigenvalue weighted by Gasteiger charge is -2.40. The zero-order chi connectivity index (χ0) is 31.3. The zero-order valence-electron chi connectivity index (χ0n) is 25.1. The van der Waals surface area contributed by atoms with E-state index in [0.29, 0.717) is 71.1 Å². The normalized spacial score (nSPS) is 16.0. The number of pyridine rings is 3. The van der Waals surface area contributed by atoms with Gasteiger partial charge in [-0.05, 0) is 31.5 Å². The number of hydrogen-bond donors (Lipinski definition) is 2. The average molecular weight is 605 g/mol. The number of carboxylic acid groups (broad SMARTS) is 1. The second-order valence-corrected chi connectivity index (χ2v) is 11.4. The van der Waals surface area contributed by atoms with Gasteiger partial charge in [-0.3, -0.25) is 14.7 Å². The third-order valence-corrected chi connectivity index (χ3v) is 8.86. The molecular weight excluding hydrogens is 570 g/mol. The Labute approximate surface area is 252 Å². The van der Waals surface area contributed by atoms with Crippen molar-refractivity contribution in [2.45, 2.75) is 25.3 Å². The van der Waals surface area contributed by atoms with Gasteiger partial charge in [-0.1, -0.05) is 0 Å². The number of benzene rings is 1. The highest BCUT2D eigenvalue weighted by atomic mass is 19.2. The van der Waals surface area contributed by atoms with E-state index < -0.39 is 23.0 Å². The Morgan fingerprint density at radius 3 is 2.75 bits per heavy atom. The number of aromatic carboxylic acids is 1. The van der Waals surface area contributed by atoms with Crippen LogP contribution in [0.5, 0.6) is 0 Å². The van der Waals surface area contributed by atoms with Crippen molar-refractivity contribution >= 4 is 28.4 Å². The number of rotatable bonds is 8. The summed E-state index contributed by atoms with van der Waals surface area (Å²) in [6, 6.07) is 2.97. The van der Waals surface area contributed by atoms with Crippen molar-refractivity contribution in [2.75, 3.05) is 57.7 Å². The summed E-state index contributed by atoms with van der Waals surface area (Å²) in [6.45, 7) is 2.63. The Balaban J connectivity index is 1.59. The molecule has 230 valence electrons. The van der Waals surface area contributed by atoms with Crippen LogP contribution in [0.4, 0.5) is 20.2 Å². The summed E-state index contributed by atoms with van der Waals surface area (Å²) >= 11 is 0. The SMILES string of the molecule is CNc1cc(F)c(F)c2c1Cc1ncc(-c3cnc4c(c3)c(=O)c(C(=O)O)cn4C)c(N3CCCC(N(C)CCOC)C3)c1-2. The summed E-state index contributed by atoms with van der Waals surface area (Å²) in [4.78, 5) is 38.8. The van der Waals surface area contributed by atoms with Crippen LogP contribution in [0.3, 0.4) is 0 Å². The predicted octanol–water partition coefficient (Wildman–Crippen LogP) is 4.13. The molecule has 12 heteroatoms. The van der Waals surface area contributed by atoms with Gasteiger partial charge in [0.15, 0.2) is 11.6 Å². The van der Waals surface area contributed by atoms with Crippen molar-refractivity contribution in [3.63, 3.8) is 0 Å². The number of hydrogen-bond acceptors (Lipinski definition) is 8. The van der Waals surface area contributed by atoms with Gasteiger partial charge in [-0.2, -0.15) is 0 Å². The van der Waals surface area contributed by atoms with E-state index in [1.54, 1.807) is 39.7 Å². The second kappa shape index (κ2) is 11.6. The molecule has 1 aromatic carbocycles. The van der Waals surface area contributed by atoms with E-state index in [2.05, 4.69) is 27.1 Å². The number of nitrogens with zero attached hydrogens (tertiary/aromatic N) is 5. The summed E-state index contributed by atoms with van der Waals surface area (Å²) in [7, 11) is 7.03. The molecule has 4 heterocycles. The number of nitrogens with one attached hydrogen (secondary N) is 1. The minimum Gasteiger partial charge on any atom is -0.477 e. The number of carbonyl (C=O) groups is 1. The summed E-state index contributed by atoms with van der Waals surface area (Å²) < 4.78 is 37.6. The van der Waals surface area contributed by atoms with Crippen LogP contribution in [0.1, 0.15) is 34.5 Å². The molecule has 0 amide bonds. The third-order valence-electron chi connectivity index (χ3n) is 8.86. The van der Waals surface area contributed by atoms with Crippen molar-refractivity contribution in [1.82, 2.24) is 19.4 Å². The van der Waals surface area contributed by atoms with Gasteiger partial charge in [0, 0.05) is 106 Å². The molecule has 44 heavy (non-hydrogen) atoms. The fourth-order valence-corrected chi connectivity index (χ4v) is 6.57. The lowest BCUT2D eigenvalue weighted by Crippen LogP contribution is -2.47. The van der Waals surface area contributed by atoms with Gasteiger partial charge in [0.1, 0.15) is 11.2 Å². The number of anilines is 2. The Morgan fingerprint density at radius 2 is 2.02 bits per heavy atom. The fourth-order valence-electron chi connectivity index (χ4n) is 6.57. The largest absolute Gasteiger partial charge is 0.477 e. The number of fused-ring (bicyclic) bond motifs is 4. The topological polar surface area (TPSA) is 113 Å². The summed E-state index contributed by atoms with van der Waals surface area (Å²) in [5, 5.41) is 12.8. The molecule has 6 rings (SSSR count). The van der Waals surface area contributed by atoms with Crippen LogP contribution in [-0.4, -0.2) is 84.0 Å². The third kappa shape index (κ3) is 4.87. The fraction of sp³-hybridized carbons (Fsp3) is 0.375. The molecule has 1 saturated heterocycles. The number of aromatic nitrogens is 3. The van der Waals surface area contributed by atoms with Crippen LogP contribution in [-0.2, 0) is 18.2 Å². The van der Waals surface area contributed by atoms with E-state index >= 15 is 4.39 Å². The lowest BCUT2D eigenvalue weighted by atomic mass is 9.94. The molecule has 0 saturated carbocycles. The number of carboxylic acids is 1. The Kier molecular flexibility index (Phi) is 7.80. The standard InChI is InChI=1S/C32H34F2N6O4/c1-35-24-12-23(33)28(34)26-19(24)11-25-27(26)29(40-7-5-6-18(15-40)38(2)8-9-44-4)21(14-36-25)17-10-20-30(41)22(32(42)43)16-39(3)31(20)37-13-17/h10,12-14,16,18,35H,5-9,11,15H2,1-4H3,(H,42,43). The van der Waals surface area contributed by atoms with E-state index in [9.17, 15) is 19.1 Å². The van der Waals surface area contributed by atoms with Crippen LogP contribution in [0, 0.1) is 11.6 Å². The first-order valence-electron chi connectivity index (χ1n) is 14.5. The van der Waals surface area contributed by atoms with Crippen LogP contribution < -0.4 is 15.6 Å². The maximum absolute atomic E-state index is 15.8. The number of aryl methyl sites for hydroxylation is 1. The van der Waals surface area contributed by atoms with Gasteiger partial charge in [-0.25, -0.2) is 18.6 Å². The van der Waals surface area contributed by atoms with Crippen molar-refractivity contribution in [2.24, 2.45) is 7.05 Å². The molecule has 2 aliphatic rings. The molecule has 1 atom stereocenters. The molecule has 1 aliphatic carbocycles. The number of methoxy groups -OCH3 is 1. The van der Waals surface area contributed by atoms with E-state index in [1.165, 1.54) is 16.8 Å². The van der Waals surface area contributed by atoms with Gasteiger partial charge < -0.3 is 24.6 Å². The molecule has 2 N–H and O–H groups in total. The molecule has 4 aromatic rings. The van der Waals surface area contributed by atoms with E-state index in [0.717, 1.165) is 19.4 Å². The van der Waals surface area contributed by atoms with Gasteiger partial charge in [0.2, 0.25) is 5.43 Å². The monoisotopic (exact) mass is 604 g/mol. The van der Waals surface area contributed by atoms with E-state index in [-0.39, 0.29) is 22.6 Å². The molecular formula is C32H34F2N6O4. The highest BCUT2D eigenvalue weighted by Crippen LogP contribution is 2.50. The minimum atomic E-state index is -1.33. The molecule has 3 aromatic heterocycles. The lowest BCUT2D eigenvalue weighted by molar-refractivity contribution is 0.0695. The van der Waals surface area contributed by atoms with Gasteiger partial charge in [0.05, 0.1) is 23.4 Å². The number of likely N-dealkylation sites (N-methyl/N-ethyl adjacent to an activating group) is 1. The first-order valence-corrected chi connectivity index (χ1v) is 14.5. The van der Waals surface area contributed by atoms with Crippen molar-refractivity contribution in [3.8, 4) is 22.3 Å². The molecule has 0 bridgehead atoms. The summed E-state index contributed by atoms with van der Waals surface area (Å²) in [6.07, 6.45) is 6.72. The molecule has 10 nitrogen and oxygen atoms in total. The highest BCUT2D eigenvalue weighted by Gasteiger charge is 2.35. The van der Waals surface area contributed by atoms with E-state index in [1.807, 2.05) is 0 Å². The molecule has 0 spiro atoms. The van der Waals surface area contributed by atoms with E-state index in [4.69, 9.17) is 9.72 Å². The van der Waals surface area contributed by atoms with Crippen LogP contribution in [0.15, 0.2) is 35.5 Å². The predicted molar refractivity (Wildman–Crippen MR) is 165 cm³/mol. The molecule has 1 unspecified atom stereocenters. The molecule has 1 aliphatic heterocycles. The first kappa shape index (κ1) is 29.6. The number of halogens is 2. The van der Waals surface area contributed by atoms with Crippen LogP contribution in [0.2, 0.25) is 0 Å².